The van der Waals surface area contributed by atoms with E-state index in [-0.39, 0.29) is 5.91 Å². The van der Waals surface area contributed by atoms with Gasteiger partial charge in [0.2, 0.25) is 5.91 Å². The van der Waals surface area contributed by atoms with Crippen LogP contribution in [0.15, 0.2) is 66.7 Å². The Balaban J connectivity index is 1.71. The minimum absolute atomic E-state index is 0.176. The Bertz CT molecular complexity index is 1040. The number of benzene rings is 3. The molecule has 3 aromatic carbocycles. The van der Waals surface area contributed by atoms with Crippen molar-refractivity contribution in [1.29, 1.82) is 0 Å². The van der Waals surface area contributed by atoms with Crippen LogP contribution in [0.1, 0.15) is 17.2 Å². The molecule has 0 bridgehead atoms. The summed E-state index contributed by atoms with van der Waals surface area (Å²) in [5.41, 5.74) is 2.55. The number of hydrogen-bond acceptors (Lipinski definition) is 5. The number of carbonyl (C=O) groups is 1. The van der Waals surface area contributed by atoms with Crippen molar-refractivity contribution in [3.63, 3.8) is 0 Å². The highest BCUT2D eigenvalue weighted by atomic mass is 35.5. The average molecular weight is 455 g/mol. The van der Waals surface area contributed by atoms with E-state index in [1.54, 1.807) is 39.5 Å². The van der Waals surface area contributed by atoms with Crippen LogP contribution in [0.4, 0.5) is 5.69 Å². The maximum atomic E-state index is 13.1. The summed E-state index contributed by atoms with van der Waals surface area (Å²) in [4.78, 5) is 13.1. The molecule has 1 atom stereocenters. The van der Waals surface area contributed by atoms with Gasteiger partial charge >= 0.3 is 0 Å². The molecule has 0 radical (unpaired) electrons. The second kappa shape index (κ2) is 11.4. The van der Waals surface area contributed by atoms with Crippen molar-refractivity contribution in [2.24, 2.45) is 0 Å². The number of hydrogen-bond donors (Lipinski definition) is 2. The zero-order chi connectivity index (χ0) is 22.9. The standard InChI is InChI=1S/C25H27ClN2O4/c1-30-21-12-10-19(16-20(21)26)28-25(29)24(18-7-5-4-6-8-18)27-14-13-17-9-11-22(31-2)23(15-17)32-3/h4-12,15-16,24,27H,13-14H2,1-3H3,(H,28,29). The van der Waals surface area contributed by atoms with Gasteiger partial charge in [-0.25, -0.2) is 0 Å². The van der Waals surface area contributed by atoms with Gasteiger partial charge in [0.25, 0.3) is 0 Å². The summed E-state index contributed by atoms with van der Waals surface area (Å²) in [6.07, 6.45) is 0.714. The molecule has 2 N–H and O–H groups in total. The summed E-state index contributed by atoms with van der Waals surface area (Å²) >= 11 is 6.20. The minimum Gasteiger partial charge on any atom is -0.495 e. The first-order valence-electron chi connectivity index (χ1n) is 10.2. The zero-order valence-electron chi connectivity index (χ0n) is 18.4. The molecule has 0 aliphatic heterocycles. The van der Waals surface area contributed by atoms with Crippen molar-refractivity contribution in [2.75, 3.05) is 33.2 Å². The second-order valence-corrected chi connectivity index (χ2v) is 7.48. The molecule has 0 saturated heterocycles. The van der Waals surface area contributed by atoms with Gasteiger partial charge in [-0.1, -0.05) is 48.0 Å². The Morgan fingerprint density at radius 1 is 0.875 bits per heavy atom. The number of methoxy groups -OCH3 is 3. The lowest BCUT2D eigenvalue weighted by Crippen LogP contribution is -2.34. The number of amides is 1. The normalized spacial score (nSPS) is 11.5. The molecule has 1 unspecified atom stereocenters. The number of halogens is 1. The van der Waals surface area contributed by atoms with Gasteiger partial charge in [0.1, 0.15) is 11.8 Å². The predicted octanol–water partition coefficient (Wildman–Crippen LogP) is 4.88. The van der Waals surface area contributed by atoms with Crippen LogP contribution in [0.5, 0.6) is 17.2 Å². The van der Waals surface area contributed by atoms with E-state index < -0.39 is 6.04 Å². The SMILES string of the molecule is COc1ccc(NC(=O)C(NCCc2ccc(OC)c(OC)c2)c2ccccc2)cc1Cl. The van der Waals surface area contributed by atoms with Gasteiger partial charge in [0, 0.05) is 12.2 Å². The first kappa shape index (κ1) is 23.4. The van der Waals surface area contributed by atoms with E-state index in [4.69, 9.17) is 25.8 Å². The van der Waals surface area contributed by atoms with E-state index in [0.717, 1.165) is 11.1 Å². The summed E-state index contributed by atoms with van der Waals surface area (Å²) in [6, 6.07) is 20.0. The molecule has 0 spiro atoms. The van der Waals surface area contributed by atoms with Crippen LogP contribution >= 0.6 is 11.6 Å². The van der Waals surface area contributed by atoms with Crippen LogP contribution in [0.25, 0.3) is 0 Å². The number of carbonyl (C=O) groups excluding carboxylic acids is 1. The maximum Gasteiger partial charge on any atom is 0.246 e. The molecule has 6 nitrogen and oxygen atoms in total. The largest absolute Gasteiger partial charge is 0.495 e. The van der Waals surface area contributed by atoms with E-state index in [1.165, 1.54) is 0 Å². The third kappa shape index (κ3) is 5.93. The summed E-state index contributed by atoms with van der Waals surface area (Å²) in [5.74, 6) is 1.74. The van der Waals surface area contributed by atoms with E-state index in [0.29, 0.717) is 40.9 Å². The van der Waals surface area contributed by atoms with Crippen LogP contribution in [-0.2, 0) is 11.2 Å². The van der Waals surface area contributed by atoms with E-state index in [9.17, 15) is 4.79 Å². The minimum atomic E-state index is -0.530. The highest BCUT2D eigenvalue weighted by Crippen LogP contribution is 2.29. The molecule has 1 amide bonds. The van der Waals surface area contributed by atoms with Crippen molar-refractivity contribution in [3.8, 4) is 17.2 Å². The molecule has 0 heterocycles. The highest BCUT2D eigenvalue weighted by Gasteiger charge is 2.20. The number of rotatable bonds is 10. The molecule has 7 heteroatoms. The van der Waals surface area contributed by atoms with E-state index in [2.05, 4.69) is 10.6 Å². The lowest BCUT2D eigenvalue weighted by Gasteiger charge is -2.19. The number of nitrogens with one attached hydrogen (secondary N) is 2. The van der Waals surface area contributed by atoms with Crippen LogP contribution in [0.3, 0.4) is 0 Å². The van der Waals surface area contributed by atoms with Gasteiger partial charge in [-0.3, -0.25) is 4.79 Å². The smallest absolute Gasteiger partial charge is 0.246 e. The monoisotopic (exact) mass is 454 g/mol. The van der Waals surface area contributed by atoms with Crippen LogP contribution in [0.2, 0.25) is 5.02 Å². The Hall–Kier alpha value is -3.22. The van der Waals surface area contributed by atoms with Gasteiger partial charge in [-0.15, -0.1) is 0 Å². The third-order valence-corrected chi connectivity index (χ3v) is 5.32. The molecule has 3 rings (SSSR count). The van der Waals surface area contributed by atoms with Gasteiger partial charge < -0.3 is 24.8 Å². The van der Waals surface area contributed by atoms with Crippen LogP contribution in [0, 0.1) is 0 Å². The van der Waals surface area contributed by atoms with Crippen LogP contribution < -0.4 is 24.8 Å². The first-order chi connectivity index (χ1) is 15.5. The Morgan fingerprint density at radius 3 is 2.22 bits per heavy atom. The van der Waals surface area contributed by atoms with Crippen molar-refractivity contribution < 1.29 is 19.0 Å². The molecule has 3 aromatic rings. The summed E-state index contributed by atoms with van der Waals surface area (Å²) < 4.78 is 15.8. The molecule has 0 saturated carbocycles. The van der Waals surface area contributed by atoms with Gasteiger partial charge in [0.15, 0.2) is 11.5 Å². The predicted molar refractivity (Wildman–Crippen MR) is 127 cm³/mol. The fourth-order valence-corrected chi connectivity index (χ4v) is 3.62. The summed E-state index contributed by atoms with van der Waals surface area (Å²) in [6.45, 7) is 0.589. The first-order valence-corrected chi connectivity index (χ1v) is 10.6. The van der Waals surface area contributed by atoms with Gasteiger partial charge in [0.05, 0.1) is 26.4 Å². The number of anilines is 1. The molecule has 0 aromatic heterocycles. The van der Waals surface area contributed by atoms with Crippen LogP contribution in [-0.4, -0.2) is 33.8 Å². The fraction of sp³-hybridized carbons (Fsp3) is 0.240. The maximum absolute atomic E-state index is 13.1. The van der Waals surface area contributed by atoms with Crippen molar-refractivity contribution >= 4 is 23.2 Å². The third-order valence-electron chi connectivity index (χ3n) is 5.02. The zero-order valence-corrected chi connectivity index (χ0v) is 19.1. The molecule has 168 valence electrons. The average Bonchev–Trinajstić information content (AvgIpc) is 2.82. The Kier molecular flexibility index (Phi) is 8.36. The molecule has 32 heavy (non-hydrogen) atoms. The molecule has 0 aliphatic rings. The molecule has 0 aliphatic carbocycles. The quantitative estimate of drug-likeness (QED) is 0.457. The van der Waals surface area contributed by atoms with Crippen molar-refractivity contribution in [1.82, 2.24) is 5.32 Å². The second-order valence-electron chi connectivity index (χ2n) is 7.08. The fourth-order valence-electron chi connectivity index (χ4n) is 3.36. The highest BCUT2D eigenvalue weighted by molar-refractivity contribution is 6.32. The van der Waals surface area contributed by atoms with Gasteiger partial charge in [-0.05, 0) is 47.9 Å². The lowest BCUT2D eigenvalue weighted by atomic mass is 10.0. The topological polar surface area (TPSA) is 68.8 Å². The van der Waals surface area contributed by atoms with E-state index in [1.807, 2.05) is 48.5 Å². The number of ether oxygens (including phenoxy) is 3. The molecular weight excluding hydrogens is 428 g/mol. The Labute approximate surface area is 193 Å². The Morgan fingerprint density at radius 2 is 1.56 bits per heavy atom. The lowest BCUT2D eigenvalue weighted by molar-refractivity contribution is -0.118. The van der Waals surface area contributed by atoms with E-state index >= 15 is 0 Å². The van der Waals surface area contributed by atoms with Crippen molar-refractivity contribution in [2.45, 2.75) is 12.5 Å². The summed E-state index contributed by atoms with van der Waals surface area (Å²) in [7, 11) is 4.77. The molecule has 0 fully saturated rings. The molecular formula is C25H27ClN2O4. The van der Waals surface area contributed by atoms with Gasteiger partial charge in [-0.2, -0.15) is 0 Å². The van der Waals surface area contributed by atoms with Crippen molar-refractivity contribution in [3.05, 3.63) is 82.9 Å². The summed E-state index contributed by atoms with van der Waals surface area (Å²) in [5, 5.41) is 6.74.